The summed E-state index contributed by atoms with van der Waals surface area (Å²) in [6, 6.07) is 5.91. The van der Waals surface area contributed by atoms with Crippen molar-refractivity contribution in [1.82, 2.24) is 10.2 Å². The smallest absolute Gasteiger partial charge is 0.124 e. The lowest BCUT2D eigenvalue weighted by molar-refractivity contribution is 0.0845. The van der Waals surface area contributed by atoms with Crippen LogP contribution in [0.4, 0.5) is 4.39 Å². The normalized spacial score (nSPS) is 27.8. The lowest BCUT2D eigenvalue weighted by Gasteiger charge is -2.42. The zero-order chi connectivity index (χ0) is 14.1. The van der Waals surface area contributed by atoms with Crippen molar-refractivity contribution in [1.29, 1.82) is 0 Å². The van der Waals surface area contributed by atoms with E-state index in [9.17, 15) is 4.39 Å². The molecule has 2 atom stereocenters. The van der Waals surface area contributed by atoms with Gasteiger partial charge in [0, 0.05) is 17.1 Å². The van der Waals surface area contributed by atoms with Crippen molar-refractivity contribution in [2.45, 2.75) is 37.8 Å². The standard InChI is InChI=1S/C16H22ClFN2/c1-19-10-11-3-2-8-20(13-5-6-13)16(11)14-7-4-12(18)9-15(14)17/h4,7,9,11,13,16,19H,2-3,5-6,8,10H2,1H3. The summed E-state index contributed by atoms with van der Waals surface area (Å²) in [5, 5.41) is 3.88. The van der Waals surface area contributed by atoms with Gasteiger partial charge in [0.15, 0.2) is 0 Å². The van der Waals surface area contributed by atoms with Gasteiger partial charge in [0.1, 0.15) is 5.82 Å². The molecule has 0 radical (unpaired) electrons. The van der Waals surface area contributed by atoms with Crippen LogP contribution in [0.1, 0.15) is 37.3 Å². The zero-order valence-electron chi connectivity index (χ0n) is 11.9. The Bertz CT molecular complexity index is 474. The first kappa shape index (κ1) is 14.3. The molecule has 2 aliphatic rings. The Morgan fingerprint density at radius 2 is 2.15 bits per heavy atom. The molecule has 1 saturated carbocycles. The number of rotatable bonds is 4. The van der Waals surface area contributed by atoms with Gasteiger partial charge in [-0.3, -0.25) is 4.90 Å². The summed E-state index contributed by atoms with van der Waals surface area (Å²) in [6.07, 6.45) is 5.05. The van der Waals surface area contributed by atoms with Crippen LogP contribution >= 0.6 is 11.6 Å². The van der Waals surface area contributed by atoms with Gasteiger partial charge >= 0.3 is 0 Å². The Kier molecular flexibility index (Phi) is 4.29. The third-order valence-corrected chi connectivity index (χ3v) is 4.89. The largest absolute Gasteiger partial charge is 0.319 e. The molecule has 2 nitrogen and oxygen atoms in total. The molecule has 0 amide bonds. The van der Waals surface area contributed by atoms with Gasteiger partial charge in [-0.05, 0) is 69.4 Å². The van der Waals surface area contributed by atoms with Crippen LogP contribution < -0.4 is 5.32 Å². The number of nitrogens with zero attached hydrogens (tertiary/aromatic N) is 1. The van der Waals surface area contributed by atoms with Gasteiger partial charge in [0.2, 0.25) is 0 Å². The van der Waals surface area contributed by atoms with E-state index >= 15 is 0 Å². The molecular formula is C16H22ClFN2. The summed E-state index contributed by atoms with van der Waals surface area (Å²) in [6.45, 7) is 2.13. The number of benzene rings is 1. The average Bonchev–Trinajstić information content (AvgIpc) is 3.24. The van der Waals surface area contributed by atoms with Crippen molar-refractivity contribution in [3.63, 3.8) is 0 Å². The second-order valence-electron chi connectivity index (χ2n) is 6.04. The summed E-state index contributed by atoms with van der Waals surface area (Å²) in [5.41, 5.74) is 1.10. The zero-order valence-corrected chi connectivity index (χ0v) is 12.7. The molecular weight excluding hydrogens is 275 g/mol. The van der Waals surface area contributed by atoms with E-state index in [2.05, 4.69) is 10.2 Å². The maximum absolute atomic E-state index is 13.3. The van der Waals surface area contributed by atoms with E-state index in [0.717, 1.165) is 18.7 Å². The number of halogens is 2. The third-order valence-electron chi connectivity index (χ3n) is 4.56. The lowest BCUT2D eigenvalue weighted by atomic mass is 9.84. The molecule has 1 heterocycles. The van der Waals surface area contributed by atoms with Gasteiger partial charge in [0.05, 0.1) is 0 Å². The van der Waals surface area contributed by atoms with Crippen molar-refractivity contribution in [2.24, 2.45) is 5.92 Å². The Morgan fingerprint density at radius 3 is 2.80 bits per heavy atom. The number of piperidine rings is 1. The van der Waals surface area contributed by atoms with Crippen molar-refractivity contribution in [2.75, 3.05) is 20.1 Å². The fraction of sp³-hybridized carbons (Fsp3) is 0.625. The number of hydrogen-bond donors (Lipinski definition) is 1. The Morgan fingerprint density at radius 1 is 1.35 bits per heavy atom. The van der Waals surface area contributed by atoms with Crippen molar-refractivity contribution < 1.29 is 4.39 Å². The van der Waals surface area contributed by atoms with E-state index in [0.29, 0.717) is 23.0 Å². The molecule has 1 aliphatic carbocycles. The molecule has 3 rings (SSSR count). The van der Waals surface area contributed by atoms with E-state index in [-0.39, 0.29) is 5.82 Å². The van der Waals surface area contributed by atoms with Crippen LogP contribution in [0.3, 0.4) is 0 Å². The maximum Gasteiger partial charge on any atom is 0.124 e. The molecule has 1 aliphatic heterocycles. The molecule has 20 heavy (non-hydrogen) atoms. The molecule has 1 aromatic carbocycles. The minimum Gasteiger partial charge on any atom is -0.319 e. The van der Waals surface area contributed by atoms with Crippen LogP contribution in [0.2, 0.25) is 5.02 Å². The van der Waals surface area contributed by atoms with Crippen molar-refractivity contribution in [3.05, 3.63) is 34.6 Å². The van der Waals surface area contributed by atoms with Gasteiger partial charge < -0.3 is 5.32 Å². The van der Waals surface area contributed by atoms with Crippen LogP contribution in [0.5, 0.6) is 0 Å². The van der Waals surface area contributed by atoms with E-state index < -0.39 is 0 Å². The third kappa shape index (κ3) is 2.85. The number of nitrogens with one attached hydrogen (secondary N) is 1. The summed E-state index contributed by atoms with van der Waals surface area (Å²) < 4.78 is 13.3. The van der Waals surface area contributed by atoms with Gasteiger partial charge in [-0.2, -0.15) is 0 Å². The molecule has 0 aromatic heterocycles. The molecule has 1 saturated heterocycles. The Balaban J connectivity index is 1.93. The Hall–Kier alpha value is -0.640. The topological polar surface area (TPSA) is 15.3 Å². The first-order chi connectivity index (χ1) is 9.70. The minimum atomic E-state index is -0.252. The second-order valence-corrected chi connectivity index (χ2v) is 6.45. The molecule has 0 spiro atoms. The summed E-state index contributed by atoms with van der Waals surface area (Å²) in [4.78, 5) is 2.60. The van der Waals surface area contributed by atoms with Crippen molar-refractivity contribution in [3.8, 4) is 0 Å². The van der Waals surface area contributed by atoms with Crippen molar-refractivity contribution >= 4 is 11.6 Å². The fourth-order valence-electron chi connectivity index (χ4n) is 3.57. The maximum atomic E-state index is 13.3. The first-order valence-corrected chi connectivity index (χ1v) is 7.94. The highest BCUT2D eigenvalue weighted by Gasteiger charge is 2.40. The molecule has 1 N–H and O–H groups in total. The quantitative estimate of drug-likeness (QED) is 0.913. The van der Waals surface area contributed by atoms with E-state index in [1.165, 1.54) is 37.8 Å². The van der Waals surface area contributed by atoms with Crippen LogP contribution in [0.25, 0.3) is 0 Å². The molecule has 110 valence electrons. The van der Waals surface area contributed by atoms with Gasteiger partial charge in [-0.25, -0.2) is 4.39 Å². The van der Waals surface area contributed by atoms with Crippen LogP contribution in [-0.2, 0) is 0 Å². The Labute approximate surface area is 125 Å². The van der Waals surface area contributed by atoms with Gasteiger partial charge in [0.25, 0.3) is 0 Å². The van der Waals surface area contributed by atoms with Crippen LogP contribution in [0, 0.1) is 11.7 Å². The SMILES string of the molecule is CNCC1CCCN(C2CC2)C1c1ccc(F)cc1Cl. The molecule has 0 bridgehead atoms. The highest BCUT2D eigenvalue weighted by Crippen LogP contribution is 2.44. The monoisotopic (exact) mass is 296 g/mol. The lowest BCUT2D eigenvalue weighted by Crippen LogP contribution is -2.43. The highest BCUT2D eigenvalue weighted by molar-refractivity contribution is 6.31. The number of likely N-dealkylation sites (tertiary alicyclic amines) is 1. The van der Waals surface area contributed by atoms with Crippen LogP contribution in [0.15, 0.2) is 18.2 Å². The van der Waals surface area contributed by atoms with Crippen LogP contribution in [-0.4, -0.2) is 31.1 Å². The molecule has 2 fully saturated rings. The summed E-state index contributed by atoms with van der Waals surface area (Å²) >= 11 is 6.33. The molecule has 2 unspecified atom stereocenters. The predicted molar refractivity (Wildman–Crippen MR) is 80.5 cm³/mol. The number of hydrogen-bond acceptors (Lipinski definition) is 2. The molecule has 1 aromatic rings. The van der Waals surface area contributed by atoms with Gasteiger partial charge in [-0.1, -0.05) is 17.7 Å². The van der Waals surface area contributed by atoms with E-state index in [1.807, 2.05) is 13.1 Å². The van der Waals surface area contributed by atoms with Gasteiger partial charge in [-0.15, -0.1) is 0 Å². The summed E-state index contributed by atoms with van der Waals surface area (Å²) in [7, 11) is 2.00. The molecule has 4 heteroatoms. The first-order valence-electron chi connectivity index (χ1n) is 7.56. The average molecular weight is 297 g/mol. The minimum absolute atomic E-state index is 0.252. The highest BCUT2D eigenvalue weighted by atomic mass is 35.5. The van der Waals surface area contributed by atoms with E-state index in [4.69, 9.17) is 11.6 Å². The fourth-order valence-corrected chi connectivity index (χ4v) is 3.85. The second kappa shape index (κ2) is 6.00. The summed E-state index contributed by atoms with van der Waals surface area (Å²) in [5.74, 6) is 0.301. The predicted octanol–water partition coefficient (Wildman–Crippen LogP) is 3.61. The van der Waals surface area contributed by atoms with E-state index in [1.54, 1.807) is 0 Å².